The van der Waals surface area contributed by atoms with E-state index >= 15 is 0 Å². The maximum atomic E-state index is 13.0. The van der Waals surface area contributed by atoms with E-state index in [1.807, 2.05) is 12.1 Å². The van der Waals surface area contributed by atoms with E-state index in [9.17, 15) is 4.39 Å². The summed E-state index contributed by atoms with van der Waals surface area (Å²) in [7, 11) is 0. The zero-order chi connectivity index (χ0) is 19.5. The van der Waals surface area contributed by atoms with Gasteiger partial charge < -0.3 is 15.5 Å². The van der Waals surface area contributed by atoms with Gasteiger partial charge in [0.15, 0.2) is 5.11 Å². The van der Waals surface area contributed by atoms with Gasteiger partial charge in [-0.2, -0.15) is 0 Å². The molecule has 4 nitrogen and oxygen atoms in total. The normalized spacial score (nSPS) is 13.7. The number of thiocarbonyl (C=S) groups is 1. The van der Waals surface area contributed by atoms with Crippen molar-refractivity contribution in [1.29, 1.82) is 0 Å². The van der Waals surface area contributed by atoms with Crippen molar-refractivity contribution in [3.05, 3.63) is 65.5 Å². The lowest BCUT2D eigenvalue weighted by Gasteiger charge is -2.18. The number of aromatic nitrogens is 1. The third kappa shape index (κ3) is 4.22. The van der Waals surface area contributed by atoms with Gasteiger partial charge in [-0.1, -0.05) is 12.1 Å². The number of fused-ring (bicyclic) bond motifs is 1. The molecule has 0 atom stereocenters. The quantitative estimate of drug-likeness (QED) is 0.624. The molecule has 3 aromatic rings. The summed E-state index contributed by atoms with van der Waals surface area (Å²) in [5, 5.41) is 8.02. The Morgan fingerprint density at radius 2 is 1.86 bits per heavy atom. The lowest BCUT2D eigenvalue weighted by molar-refractivity contribution is 0.627. The molecule has 2 aromatic carbocycles. The van der Waals surface area contributed by atoms with Crippen molar-refractivity contribution in [1.82, 2.24) is 10.3 Å². The number of pyridine rings is 1. The molecular weight excluding hydrogens is 371 g/mol. The minimum atomic E-state index is -0.238. The molecule has 0 radical (unpaired) electrons. The van der Waals surface area contributed by atoms with Gasteiger partial charge in [0.1, 0.15) is 11.6 Å². The topological polar surface area (TPSA) is 40.2 Å². The first-order chi connectivity index (χ1) is 13.6. The SMILES string of the molecule is Cc1cc(N2CCCC2)nc2ccc(NC(=S)NCc3ccc(F)cc3)cc12. The first-order valence-corrected chi connectivity index (χ1v) is 9.95. The number of aryl methyl sites for hydroxylation is 1. The van der Waals surface area contributed by atoms with Crippen molar-refractivity contribution in [2.75, 3.05) is 23.3 Å². The molecule has 0 unspecified atom stereocenters. The number of hydrogen-bond donors (Lipinski definition) is 2. The van der Waals surface area contributed by atoms with E-state index < -0.39 is 0 Å². The van der Waals surface area contributed by atoms with E-state index in [4.69, 9.17) is 17.2 Å². The fraction of sp³-hybridized carbons (Fsp3) is 0.273. The fourth-order valence-electron chi connectivity index (χ4n) is 3.52. The van der Waals surface area contributed by atoms with E-state index in [1.54, 1.807) is 12.1 Å². The predicted molar refractivity (Wildman–Crippen MR) is 117 cm³/mol. The molecule has 0 aliphatic carbocycles. The van der Waals surface area contributed by atoms with Crippen LogP contribution in [0.4, 0.5) is 15.9 Å². The Kier molecular flexibility index (Phi) is 5.39. The van der Waals surface area contributed by atoms with Gasteiger partial charge in [0.25, 0.3) is 0 Å². The smallest absolute Gasteiger partial charge is 0.171 e. The summed E-state index contributed by atoms with van der Waals surface area (Å²) < 4.78 is 13.0. The third-order valence-electron chi connectivity index (χ3n) is 5.06. The Labute approximate surface area is 169 Å². The zero-order valence-corrected chi connectivity index (χ0v) is 16.7. The highest BCUT2D eigenvalue weighted by Gasteiger charge is 2.15. The van der Waals surface area contributed by atoms with Crippen molar-refractivity contribution in [2.45, 2.75) is 26.3 Å². The second-order valence-corrected chi connectivity index (χ2v) is 7.57. The zero-order valence-electron chi connectivity index (χ0n) is 15.8. The molecule has 1 aromatic heterocycles. The molecule has 0 amide bonds. The maximum Gasteiger partial charge on any atom is 0.171 e. The van der Waals surface area contributed by atoms with E-state index in [0.29, 0.717) is 11.7 Å². The van der Waals surface area contributed by atoms with Crippen LogP contribution in [0.25, 0.3) is 10.9 Å². The maximum absolute atomic E-state index is 13.0. The largest absolute Gasteiger partial charge is 0.358 e. The minimum absolute atomic E-state index is 0.238. The lowest BCUT2D eigenvalue weighted by atomic mass is 10.1. The summed E-state index contributed by atoms with van der Waals surface area (Å²) in [6.45, 7) is 4.84. The van der Waals surface area contributed by atoms with Crippen LogP contribution in [-0.4, -0.2) is 23.2 Å². The molecule has 2 N–H and O–H groups in total. The lowest BCUT2D eigenvalue weighted by Crippen LogP contribution is -2.27. The predicted octanol–water partition coefficient (Wildman–Crippen LogP) is 4.77. The molecule has 2 heterocycles. The number of nitrogens with one attached hydrogen (secondary N) is 2. The van der Waals surface area contributed by atoms with Crippen molar-refractivity contribution < 1.29 is 4.39 Å². The van der Waals surface area contributed by atoms with Crippen molar-refractivity contribution in [3.8, 4) is 0 Å². The van der Waals surface area contributed by atoms with Crippen LogP contribution in [0.15, 0.2) is 48.5 Å². The van der Waals surface area contributed by atoms with Crippen LogP contribution in [0.2, 0.25) is 0 Å². The van der Waals surface area contributed by atoms with Crippen LogP contribution < -0.4 is 15.5 Å². The fourth-order valence-corrected chi connectivity index (χ4v) is 3.71. The van der Waals surface area contributed by atoms with Gasteiger partial charge >= 0.3 is 0 Å². The molecular formula is C22H23FN4S. The molecule has 4 rings (SSSR count). The molecule has 1 fully saturated rings. The average Bonchev–Trinajstić information content (AvgIpc) is 3.23. The van der Waals surface area contributed by atoms with E-state index in [-0.39, 0.29) is 5.82 Å². The standard InChI is InChI=1S/C22H23FN4S/c1-15-12-21(27-10-2-3-11-27)26-20-9-8-18(13-19(15)20)25-22(28)24-14-16-4-6-17(23)7-5-16/h4-9,12-13H,2-3,10-11,14H2,1H3,(H2,24,25,28). The van der Waals surface area contributed by atoms with Crippen LogP contribution in [0.1, 0.15) is 24.0 Å². The van der Waals surface area contributed by atoms with Crippen LogP contribution >= 0.6 is 12.2 Å². The van der Waals surface area contributed by atoms with E-state index in [0.717, 1.165) is 41.1 Å². The molecule has 1 aliphatic rings. The van der Waals surface area contributed by atoms with Gasteiger partial charge in [0, 0.05) is 30.7 Å². The summed E-state index contributed by atoms with van der Waals surface area (Å²) in [6, 6.07) is 14.7. The Hall–Kier alpha value is -2.73. The molecule has 0 saturated carbocycles. The second kappa shape index (κ2) is 8.10. The number of benzene rings is 2. The molecule has 6 heteroatoms. The van der Waals surface area contributed by atoms with E-state index in [1.165, 1.54) is 30.5 Å². The Balaban J connectivity index is 1.45. The highest BCUT2D eigenvalue weighted by atomic mass is 32.1. The van der Waals surface area contributed by atoms with Crippen LogP contribution in [-0.2, 0) is 6.54 Å². The molecule has 1 aliphatic heterocycles. The number of rotatable bonds is 4. The van der Waals surface area contributed by atoms with Gasteiger partial charge in [0.2, 0.25) is 0 Å². The number of anilines is 2. The molecule has 0 bridgehead atoms. The van der Waals surface area contributed by atoms with Gasteiger partial charge in [-0.3, -0.25) is 0 Å². The summed E-state index contributed by atoms with van der Waals surface area (Å²) in [5.74, 6) is 0.831. The van der Waals surface area contributed by atoms with Gasteiger partial charge in [0.05, 0.1) is 5.52 Å². The second-order valence-electron chi connectivity index (χ2n) is 7.16. The minimum Gasteiger partial charge on any atom is -0.358 e. The van der Waals surface area contributed by atoms with Crippen LogP contribution in [0.3, 0.4) is 0 Å². The summed E-state index contributed by atoms with van der Waals surface area (Å²) in [4.78, 5) is 7.19. The highest BCUT2D eigenvalue weighted by molar-refractivity contribution is 7.80. The van der Waals surface area contributed by atoms with Crippen molar-refractivity contribution in [3.63, 3.8) is 0 Å². The molecule has 144 valence electrons. The van der Waals surface area contributed by atoms with Crippen molar-refractivity contribution in [2.24, 2.45) is 0 Å². The summed E-state index contributed by atoms with van der Waals surface area (Å²) >= 11 is 5.39. The molecule has 1 saturated heterocycles. The Morgan fingerprint density at radius 1 is 1.11 bits per heavy atom. The average molecular weight is 395 g/mol. The number of halogens is 1. The Morgan fingerprint density at radius 3 is 2.61 bits per heavy atom. The van der Waals surface area contributed by atoms with Gasteiger partial charge in [-0.15, -0.1) is 0 Å². The van der Waals surface area contributed by atoms with Gasteiger partial charge in [-0.25, -0.2) is 9.37 Å². The molecule has 0 spiro atoms. The van der Waals surface area contributed by atoms with E-state index in [2.05, 4.69) is 34.6 Å². The van der Waals surface area contributed by atoms with Crippen LogP contribution in [0.5, 0.6) is 0 Å². The van der Waals surface area contributed by atoms with Crippen molar-refractivity contribution >= 4 is 39.7 Å². The summed E-state index contributed by atoms with van der Waals surface area (Å²) in [5.41, 5.74) is 4.10. The van der Waals surface area contributed by atoms with Gasteiger partial charge in [-0.05, 0) is 79.5 Å². The van der Waals surface area contributed by atoms with Crippen LogP contribution in [0, 0.1) is 12.7 Å². The first kappa shape index (κ1) is 18.6. The summed E-state index contributed by atoms with van der Waals surface area (Å²) in [6.07, 6.45) is 2.48. The first-order valence-electron chi connectivity index (χ1n) is 9.54. The molecule has 28 heavy (non-hydrogen) atoms. The highest BCUT2D eigenvalue weighted by Crippen LogP contribution is 2.27. The number of nitrogens with zero attached hydrogens (tertiary/aromatic N) is 2. The monoisotopic (exact) mass is 394 g/mol. The number of hydrogen-bond acceptors (Lipinski definition) is 3. The third-order valence-corrected chi connectivity index (χ3v) is 5.30. The Bertz CT molecular complexity index is 997.